The molecule has 0 aromatic heterocycles. The van der Waals surface area contributed by atoms with E-state index in [9.17, 15) is 13.2 Å². The molecule has 6 nitrogen and oxygen atoms in total. The molecule has 1 fully saturated rings. The average Bonchev–Trinajstić information content (AvgIpc) is 2.84. The molecule has 0 bridgehead atoms. The lowest BCUT2D eigenvalue weighted by Gasteiger charge is -2.22. The van der Waals surface area contributed by atoms with Crippen LogP contribution >= 0.6 is 11.6 Å². The van der Waals surface area contributed by atoms with Gasteiger partial charge in [0.2, 0.25) is 10.0 Å². The summed E-state index contributed by atoms with van der Waals surface area (Å²) in [5.41, 5.74) is 0.519. The number of carbonyl (C=O) groups is 1. The first-order valence-electron chi connectivity index (χ1n) is 6.89. The zero-order chi connectivity index (χ0) is 16.3. The van der Waals surface area contributed by atoms with Crippen molar-refractivity contribution >= 4 is 27.6 Å². The molecule has 0 aliphatic carbocycles. The number of sulfonamides is 1. The smallest absolute Gasteiger partial charge is 0.305 e. The molecule has 1 saturated heterocycles. The van der Waals surface area contributed by atoms with Gasteiger partial charge in [-0.25, -0.2) is 13.1 Å². The summed E-state index contributed by atoms with van der Waals surface area (Å²) in [6, 6.07) is 5.64. The molecule has 1 aromatic carbocycles. The molecular weight excluding hydrogens is 330 g/mol. The van der Waals surface area contributed by atoms with Crippen molar-refractivity contribution in [3.8, 4) is 0 Å². The molecule has 1 heterocycles. The average molecular weight is 348 g/mol. The van der Waals surface area contributed by atoms with Crippen LogP contribution in [0.1, 0.15) is 31.4 Å². The molecule has 1 aromatic rings. The van der Waals surface area contributed by atoms with Crippen LogP contribution in [0.2, 0.25) is 5.02 Å². The van der Waals surface area contributed by atoms with E-state index >= 15 is 0 Å². The third-order valence-corrected chi connectivity index (χ3v) is 5.91. The van der Waals surface area contributed by atoms with Gasteiger partial charge in [-0.05, 0) is 31.0 Å². The van der Waals surface area contributed by atoms with Crippen molar-refractivity contribution in [2.75, 3.05) is 6.61 Å². The minimum atomic E-state index is -3.70. The molecule has 0 spiro atoms. The molecule has 0 amide bonds. The lowest BCUT2D eigenvalue weighted by atomic mass is 10.1. The van der Waals surface area contributed by atoms with Gasteiger partial charge >= 0.3 is 5.97 Å². The first-order chi connectivity index (χ1) is 10.3. The van der Waals surface area contributed by atoms with Gasteiger partial charge in [0.15, 0.2) is 0 Å². The largest absolute Gasteiger partial charge is 0.481 e. The lowest BCUT2D eigenvalue weighted by molar-refractivity contribution is -0.137. The Morgan fingerprint density at radius 3 is 2.82 bits per heavy atom. The Kier molecular flexibility index (Phi) is 5.44. The van der Waals surface area contributed by atoms with Crippen LogP contribution in [0, 0.1) is 0 Å². The highest BCUT2D eigenvalue weighted by atomic mass is 35.5. The van der Waals surface area contributed by atoms with E-state index in [2.05, 4.69) is 4.72 Å². The Morgan fingerprint density at radius 1 is 1.55 bits per heavy atom. The molecular formula is C14H18ClNO5S. The predicted octanol–water partition coefficient (Wildman–Crippen LogP) is 1.95. The van der Waals surface area contributed by atoms with Crippen LogP contribution in [0.25, 0.3) is 0 Å². The van der Waals surface area contributed by atoms with Crippen molar-refractivity contribution in [1.82, 2.24) is 4.72 Å². The van der Waals surface area contributed by atoms with Crippen LogP contribution in [-0.2, 0) is 19.6 Å². The van der Waals surface area contributed by atoms with Crippen LogP contribution in [0.5, 0.6) is 0 Å². The SMILES string of the molecule is CC1OCCC1S(=O)(=O)NC(CC(=O)O)c1cccc(Cl)c1. The van der Waals surface area contributed by atoms with Gasteiger partial charge in [0.05, 0.1) is 18.6 Å². The van der Waals surface area contributed by atoms with Crippen molar-refractivity contribution in [2.45, 2.75) is 37.2 Å². The Balaban J connectivity index is 2.25. The molecule has 3 unspecified atom stereocenters. The molecule has 1 aliphatic heterocycles. The van der Waals surface area contributed by atoms with Gasteiger partial charge in [-0.1, -0.05) is 23.7 Å². The summed E-state index contributed by atoms with van der Waals surface area (Å²) in [6.45, 7) is 2.08. The fourth-order valence-electron chi connectivity index (χ4n) is 2.53. The van der Waals surface area contributed by atoms with Gasteiger partial charge in [-0.15, -0.1) is 0 Å². The number of nitrogens with one attached hydrogen (secondary N) is 1. The normalized spacial score (nSPS) is 23.4. The third-order valence-electron chi connectivity index (χ3n) is 3.64. The molecule has 3 atom stereocenters. The maximum atomic E-state index is 12.5. The van der Waals surface area contributed by atoms with Crippen LogP contribution in [0.4, 0.5) is 0 Å². The zero-order valence-electron chi connectivity index (χ0n) is 12.0. The van der Waals surface area contributed by atoms with Gasteiger partial charge in [0.25, 0.3) is 0 Å². The van der Waals surface area contributed by atoms with Crippen molar-refractivity contribution in [3.05, 3.63) is 34.9 Å². The number of aliphatic carboxylic acids is 1. The number of carboxylic acid groups (broad SMARTS) is 1. The number of halogens is 1. The number of rotatable bonds is 6. The van der Waals surface area contributed by atoms with Crippen LogP contribution in [-0.4, -0.2) is 37.5 Å². The number of benzene rings is 1. The van der Waals surface area contributed by atoms with Crippen molar-refractivity contribution < 1.29 is 23.1 Å². The maximum Gasteiger partial charge on any atom is 0.305 e. The van der Waals surface area contributed by atoms with E-state index in [0.717, 1.165) is 0 Å². The van der Waals surface area contributed by atoms with Gasteiger partial charge in [-0.2, -0.15) is 0 Å². The summed E-state index contributed by atoms with van der Waals surface area (Å²) in [7, 11) is -3.70. The minimum Gasteiger partial charge on any atom is -0.481 e. The Hall–Kier alpha value is -1.15. The van der Waals surface area contributed by atoms with E-state index < -0.39 is 33.4 Å². The number of ether oxygens (including phenoxy) is 1. The first kappa shape index (κ1) is 17.2. The highest BCUT2D eigenvalue weighted by molar-refractivity contribution is 7.90. The van der Waals surface area contributed by atoms with Crippen LogP contribution < -0.4 is 4.72 Å². The molecule has 0 saturated carbocycles. The minimum absolute atomic E-state index is 0.360. The van der Waals surface area contributed by atoms with E-state index in [1.807, 2.05) is 0 Å². The van der Waals surface area contributed by atoms with E-state index in [0.29, 0.717) is 23.6 Å². The summed E-state index contributed by atoms with van der Waals surface area (Å²) in [5.74, 6) is -1.09. The Morgan fingerprint density at radius 2 is 2.27 bits per heavy atom. The van der Waals surface area contributed by atoms with Crippen molar-refractivity contribution in [3.63, 3.8) is 0 Å². The molecule has 22 heavy (non-hydrogen) atoms. The monoisotopic (exact) mass is 347 g/mol. The van der Waals surface area contributed by atoms with Gasteiger partial charge in [-0.3, -0.25) is 4.79 Å². The highest BCUT2D eigenvalue weighted by Gasteiger charge is 2.37. The van der Waals surface area contributed by atoms with Gasteiger partial charge in [0.1, 0.15) is 5.25 Å². The maximum absolute atomic E-state index is 12.5. The fourth-order valence-corrected chi connectivity index (χ4v) is 4.51. The standard InChI is InChI=1S/C14H18ClNO5S/c1-9-13(5-6-21-9)22(19,20)16-12(8-14(17)18)10-3-2-4-11(15)7-10/h2-4,7,9,12-13,16H,5-6,8H2,1H3,(H,17,18). The molecule has 122 valence electrons. The Labute approximate surface area is 134 Å². The second kappa shape index (κ2) is 6.95. The molecule has 2 N–H and O–H groups in total. The molecule has 2 rings (SSSR count). The molecule has 8 heteroatoms. The van der Waals surface area contributed by atoms with E-state index in [1.54, 1.807) is 31.2 Å². The van der Waals surface area contributed by atoms with Gasteiger partial charge < -0.3 is 9.84 Å². The highest BCUT2D eigenvalue weighted by Crippen LogP contribution is 2.25. The van der Waals surface area contributed by atoms with Gasteiger partial charge in [0, 0.05) is 11.6 Å². The number of hydrogen-bond acceptors (Lipinski definition) is 4. The van der Waals surface area contributed by atoms with E-state index in [4.69, 9.17) is 21.4 Å². The van der Waals surface area contributed by atoms with E-state index in [-0.39, 0.29) is 6.42 Å². The summed E-state index contributed by atoms with van der Waals surface area (Å²) in [4.78, 5) is 11.0. The van der Waals surface area contributed by atoms with Crippen molar-refractivity contribution in [1.29, 1.82) is 0 Å². The molecule has 0 radical (unpaired) electrons. The fraction of sp³-hybridized carbons (Fsp3) is 0.500. The second-order valence-electron chi connectivity index (χ2n) is 5.27. The predicted molar refractivity (Wildman–Crippen MR) is 82.3 cm³/mol. The zero-order valence-corrected chi connectivity index (χ0v) is 13.6. The summed E-state index contributed by atoms with van der Waals surface area (Å²) in [6.07, 6.45) is -0.379. The summed E-state index contributed by atoms with van der Waals surface area (Å²) in [5, 5.41) is 8.78. The first-order valence-corrected chi connectivity index (χ1v) is 8.82. The lowest BCUT2D eigenvalue weighted by Crippen LogP contribution is -2.40. The third kappa shape index (κ3) is 4.19. The summed E-state index contributed by atoms with van der Waals surface area (Å²) >= 11 is 5.90. The quantitative estimate of drug-likeness (QED) is 0.820. The Bertz CT molecular complexity index is 648. The topological polar surface area (TPSA) is 92.7 Å². The van der Waals surface area contributed by atoms with Crippen molar-refractivity contribution in [2.24, 2.45) is 0 Å². The summed E-state index contributed by atoms with van der Waals surface area (Å²) < 4.78 is 32.7. The number of hydrogen-bond donors (Lipinski definition) is 2. The van der Waals surface area contributed by atoms with E-state index in [1.165, 1.54) is 0 Å². The number of carboxylic acids is 1. The van der Waals surface area contributed by atoms with Crippen LogP contribution in [0.3, 0.4) is 0 Å². The second-order valence-corrected chi connectivity index (χ2v) is 7.64. The molecule has 1 aliphatic rings. The van der Waals surface area contributed by atoms with Crippen LogP contribution in [0.15, 0.2) is 24.3 Å².